The van der Waals surface area contributed by atoms with E-state index in [4.69, 9.17) is 5.73 Å². The standard InChI is InChI=1S/C21H17N3OS2/c22-14-7-9-17-18(10-14)27-21(24-17)26-11-19(25)23-16-8-6-13-5-4-12-2-1-3-15(16)20(12)13/h1-3,6-10H,4-5,11,22H2,(H,23,25). The fourth-order valence-electron chi connectivity index (χ4n) is 3.65. The minimum Gasteiger partial charge on any atom is -0.399 e. The summed E-state index contributed by atoms with van der Waals surface area (Å²) in [6, 6.07) is 16.2. The molecule has 0 unspecified atom stereocenters. The number of carbonyl (C=O) groups excluding carboxylic acids is 1. The SMILES string of the molecule is Nc1ccc2nc(SCC(=O)Nc3ccc4c5c(cccc35)CC4)sc2c1. The van der Waals surface area contributed by atoms with Gasteiger partial charge >= 0.3 is 0 Å². The maximum Gasteiger partial charge on any atom is 0.234 e. The second-order valence-corrected chi connectivity index (χ2v) is 8.91. The molecule has 27 heavy (non-hydrogen) atoms. The van der Waals surface area contributed by atoms with Crippen molar-refractivity contribution in [3.05, 3.63) is 59.7 Å². The number of carbonyl (C=O) groups is 1. The van der Waals surface area contributed by atoms with Gasteiger partial charge in [0.05, 0.1) is 16.0 Å². The predicted molar refractivity (Wildman–Crippen MR) is 115 cm³/mol. The number of rotatable bonds is 4. The molecule has 1 amide bonds. The summed E-state index contributed by atoms with van der Waals surface area (Å²) in [4.78, 5) is 17.1. The van der Waals surface area contributed by atoms with E-state index in [1.165, 1.54) is 28.3 Å². The minimum atomic E-state index is -0.0162. The van der Waals surface area contributed by atoms with Crippen molar-refractivity contribution in [2.45, 2.75) is 17.2 Å². The molecule has 0 atom stereocenters. The molecule has 0 radical (unpaired) electrons. The molecule has 134 valence electrons. The number of thiazole rings is 1. The third-order valence-electron chi connectivity index (χ3n) is 4.87. The smallest absolute Gasteiger partial charge is 0.234 e. The fourth-order valence-corrected chi connectivity index (χ4v) is 5.57. The van der Waals surface area contributed by atoms with Crippen LogP contribution in [0.2, 0.25) is 0 Å². The first-order chi connectivity index (χ1) is 13.2. The van der Waals surface area contributed by atoms with Crippen molar-refractivity contribution in [1.82, 2.24) is 4.98 Å². The van der Waals surface area contributed by atoms with Gasteiger partial charge in [-0.25, -0.2) is 4.98 Å². The Bertz CT molecular complexity index is 1190. The molecule has 0 bridgehead atoms. The number of benzene rings is 3. The first-order valence-electron chi connectivity index (χ1n) is 8.79. The molecule has 0 fully saturated rings. The zero-order valence-corrected chi connectivity index (χ0v) is 16.1. The lowest BCUT2D eigenvalue weighted by Gasteiger charge is -2.10. The molecule has 0 spiro atoms. The molecule has 0 saturated carbocycles. The molecule has 4 aromatic rings. The summed E-state index contributed by atoms with van der Waals surface area (Å²) in [5.41, 5.74) is 11.1. The van der Waals surface area contributed by atoms with Crippen molar-refractivity contribution in [1.29, 1.82) is 0 Å². The van der Waals surface area contributed by atoms with E-state index in [1.54, 1.807) is 11.3 Å². The van der Waals surface area contributed by atoms with Crippen LogP contribution >= 0.6 is 23.1 Å². The number of aromatic nitrogens is 1. The van der Waals surface area contributed by atoms with Gasteiger partial charge in [-0.15, -0.1) is 11.3 Å². The molecule has 1 aliphatic rings. The van der Waals surface area contributed by atoms with Crippen LogP contribution in [-0.2, 0) is 17.6 Å². The van der Waals surface area contributed by atoms with Crippen LogP contribution in [-0.4, -0.2) is 16.6 Å². The number of amides is 1. The summed E-state index contributed by atoms with van der Waals surface area (Å²) >= 11 is 3.02. The minimum absolute atomic E-state index is 0.0162. The van der Waals surface area contributed by atoms with Crippen LogP contribution < -0.4 is 11.1 Å². The van der Waals surface area contributed by atoms with Crippen LogP contribution in [0.4, 0.5) is 11.4 Å². The van der Waals surface area contributed by atoms with Gasteiger partial charge in [-0.1, -0.05) is 36.0 Å². The Kier molecular flexibility index (Phi) is 4.02. The molecule has 1 aliphatic carbocycles. The van der Waals surface area contributed by atoms with Crippen LogP contribution in [0.25, 0.3) is 21.0 Å². The number of fused-ring (bicyclic) bond motifs is 1. The van der Waals surface area contributed by atoms with Crippen LogP contribution in [0.5, 0.6) is 0 Å². The lowest BCUT2D eigenvalue weighted by Crippen LogP contribution is -2.14. The lowest BCUT2D eigenvalue weighted by molar-refractivity contribution is -0.113. The molecular formula is C21H17N3OS2. The highest BCUT2D eigenvalue weighted by molar-refractivity contribution is 8.01. The summed E-state index contributed by atoms with van der Waals surface area (Å²) < 4.78 is 1.93. The van der Waals surface area contributed by atoms with Crippen LogP contribution in [0, 0.1) is 0 Å². The van der Waals surface area contributed by atoms with E-state index in [2.05, 4.69) is 34.6 Å². The quantitative estimate of drug-likeness (QED) is 0.385. The van der Waals surface area contributed by atoms with Gasteiger partial charge in [0, 0.05) is 16.8 Å². The Morgan fingerprint density at radius 1 is 1.15 bits per heavy atom. The summed E-state index contributed by atoms with van der Waals surface area (Å²) in [5.74, 6) is 0.315. The number of anilines is 2. The largest absolute Gasteiger partial charge is 0.399 e. The molecule has 1 aromatic heterocycles. The number of hydrogen-bond donors (Lipinski definition) is 2. The van der Waals surface area contributed by atoms with E-state index >= 15 is 0 Å². The van der Waals surface area contributed by atoms with Crippen LogP contribution in [0.1, 0.15) is 11.1 Å². The van der Waals surface area contributed by atoms with Crippen molar-refractivity contribution in [3.63, 3.8) is 0 Å². The van der Waals surface area contributed by atoms with Gasteiger partial charge in [0.1, 0.15) is 0 Å². The van der Waals surface area contributed by atoms with Crippen molar-refractivity contribution < 1.29 is 4.79 Å². The molecule has 0 saturated heterocycles. The van der Waals surface area contributed by atoms with Gasteiger partial charge in [-0.3, -0.25) is 4.79 Å². The van der Waals surface area contributed by atoms with Gasteiger partial charge in [0.15, 0.2) is 4.34 Å². The number of nitrogens with one attached hydrogen (secondary N) is 1. The van der Waals surface area contributed by atoms with Crippen molar-refractivity contribution >= 4 is 61.4 Å². The number of thioether (sulfide) groups is 1. The fraction of sp³-hybridized carbons (Fsp3) is 0.143. The molecule has 6 heteroatoms. The summed E-state index contributed by atoms with van der Waals surface area (Å²) in [6.45, 7) is 0. The molecule has 1 heterocycles. The van der Waals surface area contributed by atoms with Gasteiger partial charge < -0.3 is 11.1 Å². The normalized spacial score (nSPS) is 12.7. The van der Waals surface area contributed by atoms with E-state index in [1.807, 2.05) is 24.3 Å². The molecular weight excluding hydrogens is 374 g/mol. The second-order valence-electron chi connectivity index (χ2n) is 6.66. The topological polar surface area (TPSA) is 68.0 Å². The molecule has 3 N–H and O–H groups in total. The average Bonchev–Trinajstić information content (AvgIpc) is 3.27. The van der Waals surface area contributed by atoms with Crippen molar-refractivity contribution in [2.24, 2.45) is 0 Å². The van der Waals surface area contributed by atoms with E-state index in [0.29, 0.717) is 5.75 Å². The van der Waals surface area contributed by atoms with E-state index in [-0.39, 0.29) is 5.91 Å². The average molecular weight is 392 g/mol. The summed E-state index contributed by atoms with van der Waals surface area (Å²) in [7, 11) is 0. The van der Waals surface area contributed by atoms with Crippen LogP contribution in [0.15, 0.2) is 52.9 Å². The Labute approximate surface area is 164 Å². The summed E-state index contributed by atoms with van der Waals surface area (Å²) in [6.07, 6.45) is 2.17. The zero-order valence-electron chi connectivity index (χ0n) is 14.5. The molecule has 3 aromatic carbocycles. The van der Waals surface area contributed by atoms with Gasteiger partial charge in [0.2, 0.25) is 5.91 Å². The van der Waals surface area contributed by atoms with E-state index in [9.17, 15) is 4.79 Å². The number of hydrogen-bond acceptors (Lipinski definition) is 5. The summed E-state index contributed by atoms with van der Waals surface area (Å²) in [5, 5.41) is 5.52. The van der Waals surface area contributed by atoms with Crippen molar-refractivity contribution in [3.8, 4) is 0 Å². The molecule has 5 rings (SSSR count). The number of aryl methyl sites for hydroxylation is 2. The first-order valence-corrected chi connectivity index (χ1v) is 10.6. The van der Waals surface area contributed by atoms with Gasteiger partial charge in [-0.2, -0.15) is 0 Å². The highest BCUT2D eigenvalue weighted by atomic mass is 32.2. The molecule has 4 nitrogen and oxygen atoms in total. The number of nitrogens with two attached hydrogens (primary N) is 1. The zero-order chi connectivity index (χ0) is 18.4. The molecule has 0 aliphatic heterocycles. The Morgan fingerprint density at radius 2 is 2.00 bits per heavy atom. The highest BCUT2D eigenvalue weighted by Gasteiger charge is 2.17. The lowest BCUT2D eigenvalue weighted by atomic mass is 10.0. The first kappa shape index (κ1) is 16.6. The van der Waals surface area contributed by atoms with E-state index < -0.39 is 0 Å². The Balaban J connectivity index is 1.33. The maximum absolute atomic E-state index is 12.5. The third kappa shape index (κ3) is 3.05. The Hall–Kier alpha value is -2.57. The third-order valence-corrected chi connectivity index (χ3v) is 7.03. The van der Waals surface area contributed by atoms with E-state index in [0.717, 1.165) is 44.2 Å². The highest BCUT2D eigenvalue weighted by Crippen LogP contribution is 2.35. The van der Waals surface area contributed by atoms with Crippen LogP contribution in [0.3, 0.4) is 0 Å². The number of nitrogens with zero attached hydrogens (tertiary/aromatic N) is 1. The second kappa shape index (κ2) is 6.55. The maximum atomic E-state index is 12.5. The van der Waals surface area contributed by atoms with Gasteiger partial charge in [-0.05, 0) is 53.6 Å². The monoisotopic (exact) mass is 391 g/mol. The predicted octanol–water partition coefficient (Wildman–Crippen LogP) is 4.86. The van der Waals surface area contributed by atoms with Crippen molar-refractivity contribution in [2.75, 3.05) is 16.8 Å². The van der Waals surface area contributed by atoms with Gasteiger partial charge in [0.25, 0.3) is 0 Å². The number of nitrogen functional groups attached to an aromatic ring is 1. The Morgan fingerprint density at radius 3 is 2.89 bits per heavy atom.